The van der Waals surface area contributed by atoms with Crippen LogP contribution in [-0.4, -0.2) is 16.6 Å². The summed E-state index contributed by atoms with van der Waals surface area (Å²) >= 11 is 0. The van der Waals surface area contributed by atoms with Crippen LogP contribution < -0.4 is 11.5 Å². The molecule has 1 aromatic carbocycles. The first-order valence-electron chi connectivity index (χ1n) is 7.18. The second-order valence-electron chi connectivity index (χ2n) is 5.51. The van der Waals surface area contributed by atoms with Crippen molar-refractivity contribution in [2.24, 2.45) is 11.5 Å². The fourth-order valence-electron chi connectivity index (χ4n) is 2.98. The summed E-state index contributed by atoms with van der Waals surface area (Å²) < 4.78 is 14.4. The van der Waals surface area contributed by atoms with Crippen LogP contribution in [0.3, 0.4) is 0 Å². The van der Waals surface area contributed by atoms with Gasteiger partial charge in [-0.15, -0.1) is 0 Å². The zero-order chi connectivity index (χ0) is 15.6. The molecule has 22 heavy (non-hydrogen) atoms. The van der Waals surface area contributed by atoms with E-state index in [1.165, 1.54) is 6.20 Å². The fourth-order valence-corrected chi connectivity index (χ4v) is 2.98. The Labute approximate surface area is 129 Å². The van der Waals surface area contributed by atoms with E-state index in [9.17, 15) is 4.39 Å². The third kappa shape index (κ3) is 2.47. The van der Waals surface area contributed by atoms with E-state index in [0.29, 0.717) is 5.56 Å². The molecule has 3 rings (SSSR count). The predicted molar refractivity (Wildman–Crippen MR) is 85.7 cm³/mol. The van der Waals surface area contributed by atoms with Crippen molar-refractivity contribution in [3.63, 3.8) is 0 Å². The lowest BCUT2D eigenvalue weighted by Crippen LogP contribution is -2.58. The van der Waals surface area contributed by atoms with Crippen molar-refractivity contribution in [2.75, 3.05) is 0 Å². The maximum absolute atomic E-state index is 14.4. The van der Waals surface area contributed by atoms with Gasteiger partial charge >= 0.3 is 0 Å². The predicted octanol–water partition coefficient (Wildman–Crippen LogP) is 2.50. The molecule has 1 aliphatic carbocycles. The monoisotopic (exact) mass is 295 g/mol. The molecule has 1 aromatic heterocycles. The molecule has 3 nitrogen and oxygen atoms in total. The molecule has 1 aliphatic rings. The molecule has 0 saturated carbocycles. The molecule has 0 amide bonds. The van der Waals surface area contributed by atoms with Crippen LogP contribution in [-0.2, 0) is 0 Å². The molecule has 0 spiro atoms. The van der Waals surface area contributed by atoms with E-state index in [1.807, 2.05) is 54.6 Å². The quantitative estimate of drug-likeness (QED) is 0.914. The minimum atomic E-state index is -0.904. The summed E-state index contributed by atoms with van der Waals surface area (Å²) in [7, 11) is 0. The number of rotatable bonds is 3. The summed E-state index contributed by atoms with van der Waals surface area (Å²) in [4.78, 5) is 3.83. The van der Waals surface area contributed by atoms with Crippen molar-refractivity contribution in [3.05, 3.63) is 90.0 Å². The lowest BCUT2D eigenvalue weighted by molar-refractivity contribution is 0.408. The first-order valence-corrected chi connectivity index (χ1v) is 7.18. The van der Waals surface area contributed by atoms with Gasteiger partial charge in [0.1, 0.15) is 5.82 Å². The Balaban J connectivity index is 2.19. The van der Waals surface area contributed by atoms with Gasteiger partial charge in [0, 0.05) is 23.7 Å². The Morgan fingerprint density at radius 3 is 2.59 bits per heavy atom. The van der Waals surface area contributed by atoms with Gasteiger partial charge in [0.2, 0.25) is 0 Å². The molecule has 4 N–H and O–H groups in total. The van der Waals surface area contributed by atoms with Crippen LogP contribution in [0, 0.1) is 5.82 Å². The van der Waals surface area contributed by atoms with E-state index in [1.54, 1.807) is 12.3 Å². The van der Waals surface area contributed by atoms with Crippen LogP contribution in [0.25, 0.3) is 0 Å². The number of hydrogen-bond donors (Lipinski definition) is 2. The highest BCUT2D eigenvalue weighted by Crippen LogP contribution is 2.38. The number of hydrogen-bond acceptors (Lipinski definition) is 3. The van der Waals surface area contributed by atoms with Gasteiger partial charge in [0.15, 0.2) is 0 Å². The van der Waals surface area contributed by atoms with Crippen molar-refractivity contribution in [3.8, 4) is 0 Å². The maximum Gasteiger partial charge on any atom is 0.145 e. The number of nitrogens with zero attached hydrogens (tertiary/aromatic N) is 1. The van der Waals surface area contributed by atoms with E-state index in [4.69, 9.17) is 11.5 Å². The molecule has 2 aromatic rings. The molecule has 0 saturated heterocycles. The van der Waals surface area contributed by atoms with Crippen LogP contribution in [0.5, 0.6) is 0 Å². The van der Waals surface area contributed by atoms with E-state index >= 15 is 0 Å². The van der Waals surface area contributed by atoms with Gasteiger partial charge < -0.3 is 11.5 Å². The van der Waals surface area contributed by atoms with Crippen molar-refractivity contribution >= 4 is 0 Å². The van der Waals surface area contributed by atoms with Gasteiger partial charge in [-0.25, -0.2) is 4.39 Å². The van der Waals surface area contributed by atoms with Crippen molar-refractivity contribution < 1.29 is 4.39 Å². The number of nitrogens with two attached hydrogens (primary N) is 2. The van der Waals surface area contributed by atoms with Crippen molar-refractivity contribution in [1.29, 1.82) is 0 Å². The minimum absolute atomic E-state index is 0.378. The minimum Gasteiger partial charge on any atom is -0.323 e. The van der Waals surface area contributed by atoms with Gasteiger partial charge in [-0.2, -0.15) is 0 Å². The smallest absolute Gasteiger partial charge is 0.145 e. The molecule has 0 radical (unpaired) electrons. The molecule has 0 aliphatic heterocycles. The Bertz CT molecular complexity index is 711. The zero-order valence-electron chi connectivity index (χ0n) is 12.1. The Hall–Kier alpha value is -2.30. The zero-order valence-corrected chi connectivity index (χ0v) is 12.1. The van der Waals surface area contributed by atoms with E-state index in [2.05, 4.69) is 4.98 Å². The van der Waals surface area contributed by atoms with E-state index in [-0.39, 0.29) is 5.82 Å². The first-order chi connectivity index (χ1) is 10.6. The average Bonchev–Trinajstić information content (AvgIpc) is 2.54. The van der Waals surface area contributed by atoms with Gasteiger partial charge in [0.25, 0.3) is 0 Å². The van der Waals surface area contributed by atoms with E-state index in [0.717, 1.165) is 5.56 Å². The highest BCUT2D eigenvalue weighted by Gasteiger charge is 2.41. The fraction of sp³-hybridized carbons (Fsp3) is 0.167. The Morgan fingerprint density at radius 1 is 1.14 bits per heavy atom. The molecule has 3 unspecified atom stereocenters. The van der Waals surface area contributed by atoms with Gasteiger partial charge in [0.05, 0.1) is 11.7 Å². The van der Waals surface area contributed by atoms with Crippen LogP contribution in [0.15, 0.2) is 73.1 Å². The molecule has 1 heterocycles. The highest BCUT2D eigenvalue weighted by molar-refractivity contribution is 5.43. The molecule has 4 heteroatoms. The van der Waals surface area contributed by atoms with Crippen molar-refractivity contribution in [1.82, 2.24) is 4.98 Å². The number of aromatic nitrogens is 1. The third-order valence-electron chi connectivity index (χ3n) is 4.14. The number of benzene rings is 1. The first kappa shape index (κ1) is 14.6. The third-order valence-corrected chi connectivity index (χ3v) is 4.14. The summed E-state index contributed by atoms with van der Waals surface area (Å²) in [6.07, 6.45) is 10.2. The normalized spacial score (nSPS) is 25.1. The van der Waals surface area contributed by atoms with Crippen LogP contribution >= 0.6 is 0 Å². The number of allylic oxidation sites excluding steroid dienone is 2. The molecular formula is C18H18FN3. The lowest BCUT2D eigenvalue weighted by atomic mass is 9.70. The van der Waals surface area contributed by atoms with E-state index < -0.39 is 17.5 Å². The summed E-state index contributed by atoms with van der Waals surface area (Å²) in [5.41, 5.74) is 13.4. The van der Waals surface area contributed by atoms with Gasteiger partial charge in [-0.05, 0) is 11.6 Å². The second-order valence-corrected chi connectivity index (χ2v) is 5.51. The summed E-state index contributed by atoms with van der Waals surface area (Å²) in [6.45, 7) is 0. The van der Waals surface area contributed by atoms with Gasteiger partial charge in [-0.1, -0.05) is 54.6 Å². The van der Waals surface area contributed by atoms with Crippen LogP contribution in [0.4, 0.5) is 4.39 Å². The number of pyridine rings is 1. The van der Waals surface area contributed by atoms with Gasteiger partial charge in [-0.3, -0.25) is 4.98 Å². The SMILES string of the molecule is NC1C=CC=CC1(N)C(c1ccccc1)c1ccncc1F. The lowest BCUT2D eigenvalue weighted by Gasteiger charge is -2.40. The molecular weight excluding hydrogens is 277 g/mol. The average molecular weight is 295 g/mol. The Morgan fingerprint density at radius 2 is 1.91 bits per heavy atom. The molecule has 112 valence electrons. The van der Waals surface area contributed by atoms with Crippen LogP contribution in [0.1, 0.15) is 17.0 Å². The number of halogens is 1. The van der Waals surface area contributed by atoms with Crippen molar-refractivity contribution in [2.45, 2.75) is 17.5 Å². The standard InChI is InChI=1S/C18H18FN3/c19-15-12-22-11-9-14(15)17(13-6-2-1-3-7-13)18(21)10-5-4-8-16(18)20/h1-12,16-17H,20-21H2. The largest absolute Gasteiger partial charge is 0.323 e. The molecule has 0 bridgehead atoms. The maximum atomic E-state index is 14.4. The molecule has 0 fully saturated rings. The summed E-state index contributed by atoms with van der Waals surface area (Å²) in [5, 5.41) is 0. The highest BCUT2D eigenvalue weighted by atomic mass is 19.1. The summed E-state index contributed by atoms with van der Waals surface area (Å²) in [5.74, 6) is -0.774. The van der Waals surface area contributed by atoms with Crippen LogP contribution in [0.2, 0.25) is 0 Å². The second kappa shape index (κ2) is 5.83. The summed E-state index contributed by atoms with van der Waals surface area (Å²) in [6, 6.07) is 10.9. The topological polar surface area (TPSA) is 64.9 Å². The Kier molecular flexibility index (Phi) is 3.88. The molecule has 3 atom stereocenters.